The minimum Gasteiger partial charge on any atom is -0.469 e. The molecule has 0 saturated carbocycles. The first-order valence-electron chi connectivity index (χ1n) is 5.84. The Labute approximate surface area is 91.2 Å². The Morgan fingerprint density at radius 3 is 3.27 bits per heavy atom. The molecular weight excluding hydrogens is 188 g/mol. The normalized spacial score (nSPS) is 23.1. The Kier molecular flexibility index (Phi) is 3.80. The molecule has 3 heteroatoms. The molecule has 1 aromatic rings. The third kappa shape index (κ3) is 3.36. The van der Waals surface area contributed by atoms with Crippen molar-refractivity contribution in [3.63, 3.8) is 0 Å². The molecule has 0 amide bonds. The van der Waals surface area contributed by atoms with Gasteiger partial charge in [0.15, 0.2) is 0 Å². The molecule has 1 aliphatic heterocycles. The molecule has 84 valence electrons. The predicted molar refractivity (Wildman–Crippen MR) is 60.9 cm³/mol. The van der Waals surface area contributed by atoms with Gasteiger partial charge in [0.05, 0.1) is 6.26 Å². The lowest BCUT2D eigenvalue weighted by Gasteiger charge is -2.16. The molecule has 0 radical (unpaired) electrons. The highest BCUT2D eigenvalue weighted by molar-refractivity contribution is 5.00. The van der Waals surface area contributed by atoms with Gasteiger partial charge >= 0.3 is 0 Å². The quantitative estimate of drug-likeness (QED) is 0.771. The van der Waals surface area contributed by atoms with Gasteiger partial charge in [-0.05, 0) is 38.4 Å². The summed E-state index contributed by atoms with van der Waals surface area (Å²) in [5.41, 5.74) is 0. The lowest BCUT2D eigenvalue weighted by molar-refractivity contribution is 0.435. The summed E-state index contributed by atoms with van der Waals surface area (Å²) >= 11 is 0. The van der Waals surface area contributed by atoms with Crippen molar-refractivity contribution in [3.05, 3.63) is 24.2 Å². The third-order valence-electron chi connectivity index (χ3n) is 2.96. The van der Waals surface area contributed by atoms with Crippen molar-refractivity contribution in [2.24, 2.45) is 0 Å². The van der Waals surface area contributed by atoms with Crippen LogP contribution in [0.2, 0.25) is 0 Å². The number of rotatable bonds is 5. The fourth-order valence-electron chi connectivity index (χ4n) is 2.08. The molecule has 1 saturated heterocycles. The standard InChI is InChI=1S/C12H20N2O/c1-10(8-12-5-3-7-15-12)14-9-11-4-2-6-13-11/h3,5,7,10-11,13-14H,2,4,6,8-9H2,1H3. The number of hydrogen-bond acceptors (Lipinski definition) is 3. The van der Waals surface area contributed by atoms with Gasteiger partial charge in [-0.2, -0.15) is 0 Å². The van der Waals surface area contributed by atoms with Crippen LogP contribution in [0.15, 0.2) is 22.8 Å². The lowest BCUT2D eigenvalue weighted by atomic mass is 10.1. The fourth-order valence-corrected chi connectivity index (χ4v) is 2.08. The van der Waals surface area contributed by atoms with Crippen LogP contribution in [-0.2, 0) is 6.42 Å². The van der Waals surface area contributed by atoms with E-state index in [1.54, 1.807) is 6.26 Å². The summed E-state index contributed by atoms with van der Waals surface area (Å²) in [5, 5.41) is 7.03. The van der Waals surface area contributed by atoms with Crippen LogP contribution in [0, 0.1) is 0 Å². The van der Waals surface area contributed by atoms with Crippen molar-refractivity contribution < 1.29 is 4.42 Å². The molecule has 0 bridgehead atoms. The molecule has 1 fully saturated rings. The zero-order valence-corrected chi connectivity index (χ0v) is 9.33. The minimum atomic E-state index is 0.485. The van der Waals surface area contributed by atoms with Crippen LogP contribution in [-0.4, -0.2) is 25.2 Å². The van der Waals surface area contributed by atoms with Crippen molar-refractivity contribution in [2.45, 2.75) is 38.3 Å². The summed E-state index contributed by atoms with van der Waals surface area (Å²) in [7, 11) is 0. The summed E-state index contributed by atoms with van der Waals surface area (Å²) in [6.45, 7) is 4.46. The second kappa shape index (κ2) is 5.33. The highest BCUT2D eigenvalue weighted by Gasteiger charge is 2.14. The van der Waals surface area contributed by atoms with Crippen molar-refractivity contribution in [2.75, 3.05) is 13.1 Å². The average molecular weight is 208 g/mol. The van der Waals surface area contributed by atoms with Crippen LogP contribution in [0.1, 0.15) is 25.5 Å². The Morgan fingerprint density at radius 2 is 2.60 bits per heavy atom. The molecule has 1 aliphatic rings. The zero-order chi connectivity index (χ0) is 10.5. The molecule has 2 atom stereocenters. The highest BCUT2D eigenvalue weighted by atomic mass is 16.3. The van der Waals surface area contributed by atoms with Crippen LogP contribution < -0.4 is 10.6 Å². The summed E-state index contributed by atoms with van der Waals surface area (Å²) in [5.74, 6) is 1.06. The van der Waals surface area contributed by atoms with E-state index >= 15 is 0 Å². The molecular formula is C12H20N2O. The Hall–Kier alpha value is -0.800. The van der Waals surface area contributed by atoms with Gasteiger partial charge in [-0.1, -0.05) is 0 Å². The summed E-state index contributed by atoms with van der Waals surface area (Å²) in [6.07, 6.45) is 5.33. The first-order chi connectivity index (χ1) is 7.34. The van der Waals surface area contributed by atoms with E-state index in [-0.39, 0.29) is 0 Å². The van der Waals surface area contributed by atoms with Crippen LogP contribution in [0.4, 0.5) is 0 Å². The molecule has 15 heavy (non-hydrogen) atoms. The van der Waals surface area contributed by atoms with Gasteiger partial charge in [0.1, 0.15) is 5.76 Å². The van der Waals surface area contributed by atoms with Gasteiger partial charge in [0.25, 0.3) is 0 Å². The van der Waals surface area contributed by atoms with Gasteiger partial charge in [0.2, 0.25) is 0 Å². The average Bonchev–Trinajstić information content (AvgIpc) is 2.86. The minimum absolute atomic E-state index is 0.485. The highest BCUT2D eigenvalue weighted by Crippen LogP contribution is 2.06. The van der Waals surface area contributed by atoms with Crippen molar-refractivity contribution in [3.8, 4) is 0 Å². The maximum absolute atomic E-state index is 5.32. The first kappa shape index (κ1) is 10.7. The summed E-state index contributed by atoms with van der Waals surface area (Å²) in [4.78, 5) is 0. The van der Waals surface area contributed by atoms with Gasteiger partial charge in [-0.15, -0.1) is 0 Å². The summed E-state index contributed by atoms with van der Waals surface area (Å²) in [6, 6.07) is 5.13. The number of nitrogens with one attached hydrogen (secondary N) is 2. The molecule has 0 spiro atoms. The van der Waals surface area contributed by atoms with Crippen molar-refractivity contribution in [1.82, 2.24) is 10.6 Å². The second-order valence-corrected chi connectivity index (χ2v) is 4.39. The second-order valence-electron chi connectivity index (χ2n) is 4.39. The van der Waals surface area contributed by atoms with Crippen molar-refractivity contribution in [1.29, 1.82) is 0 Å². The molecule has 1 aromatic heterocycles. The number of hydrogen-bond donors (Lipinski definition) is 2. The first-order valence-corrected chi connectivity index (χ1v) is 5.84. The van der Waals surface area contributed by atoms with Gasteiger partial charge < -0.3 is 15.1 Å². The van der Waals surface area contributed by atoms with Gasteiger partial charge in [-0.25, -0.2) is 0 Å². The Morgan fingerprint density at radius 1 is 1.67 bits per heavy atom. The monoisotopic (exact) mass is 208 g/mol. The fraction of sp³-hybridized carbons (Fsp3) is 0.667. The molecule has 2 heterocycles. The predicted octanol–water partition coefficient (Wildman–Crippen LogP) is 1.55. The molecule has 2 N–H and O–H groups in total. The smallest absolute Gasteiger partial charge is 0.105 e. The van der Waals surface area contributed by atoms with Gasteiger partial charge in [-0.3, -0.25) is 0 Å². The van der Waals surface area contributed by atoms with Crippen LogP contribution >= 0.6 is 0 Å². The Balaban J connectivity index is 1.66. The molecule has 2 unspecified atom stereocenters. The van der Waals surface area contributed by atoms with Crippen LogP contribution in [0.5, 0.6) is 0 Å². The largest absolute Gasteiger partial charge is 0.469 e. The molecule has 2 rings (SSSR count). The van der Waals surface area contributed by atoms with E-state index in [0.29, 0.717) is 12.1 Å². The topological polar surface area (TPSA) is 37.2 Å². The zero-order valence-electron chi connectivity index (χ0n) is 9.33. The summed E-state index contributed by atoms with van der Waals surface area (Å²) < 4.78 is 5.32. The van der Waals surface area contributed by atoms with Crippen molar-refractivity contribution >= 4 is 0 Å². The van der Waals surface area contributed by atoms with E-state index in [1.165, 1.54) is 19.4 Å². The number of furan rings is 1. The maximum Gasteiger partial charge on any atom is 0.105 e. The molecule has 0 aliphatic carbocycles. The third-order valence-corrected chi connectivity index (χ3v) is 2.96. The lowest BCUT2D eigenvalue weighted by Crippen LogP contribution is -2.39. The SMILES string of the molecule is CC(Cc1ccco1)NCC1CCCN1. The van der Waals surface area contributed by atoms with E-state index in [4.69, 9.17) is 4.42 Å². The van der Waals surface area contributed by atoms with Crippen LogP contribution in [0.25, 0.3) is 0 Å². The molecule has 3 nitrogen and oxygen atoms in total. The molecule has 0 aromatic carbocycles. The van der Waals surface area contributed by atoms with E-state index in [1.807, 2.05) is 12.1 Å². The van der Waals surface area contributed by atoms with E-state index in [0.717, 1.165) is 18.7 Å². The maximum atomic E-state index is 5.32. The Bertz CT molecular complexity index is 265. The van der Waals surface area contributed by atoms with Crippen LogP contribution in [0.3, 0.4) is 0 Å². The van der Waals surface area contributed by atoms with E-state index in [9.17, 15) is 0 Å². The van der Waals surface area contributed by atoms with E-state index in [2.05, 4.69) is 17.6 Å². The van der Waals surface area contributed by atoms with Gasteiger partial charge in [0, 0.05) is 25.0 Å². The van der Waals surface area contributed by atoms with E-state index < -0.39 is 0 Å².